The van der Waals surface area contributed by atoms with Gasteiger partial charge in [0.1, 0.15) is 18.3 Å². The van der Waals surface area contributed by atoms with E-state index in [0.717, 1.165) is 16.7 Å². The van der Waals surface area contributed by atoms with E-state index in [4.69, 9.17) is 23.7 Å². The zero-order chi connectivity index (χ0) is 25.2. The quantitative estimate of drug-likeness (QED) is 0.350. The molecule has 0 amide bonds. The largest absolute Gasteiger partial charge is 0.454 e. The summed E-state index contributed by atoms with van der Waals surface area (Å²) in [6.45, 7) is 2.09. The average molecular weight is 495 g/mol. The van der Waals surface area contributed by atoms with E-state index in [0.29, 0.717) is 6.61 Å². The molecule has 5 atom stereocenters. The highest BCUT2D eigenvalue weighted by Crippen LogP contribution is 2.31. The van der Waals surface area contributed by atoms with Crippen LogP contribution in [-0.2, 0) is 48.3 Å². The molecule has 7 heteroatoms. The molecule has 4 rings (SSSR count). The molecule has 1 heterocycles. The van der Waals surface area contributed by atoms with E-state index in [1.807, 2.05) is 91.0 Å². The molecular weight excluding hydrogens is 463 g/mol. The van der Waals surface area contributed by atoms with Gasteiger partial charge >= 0.3 is 5.97 Å². The SMILES string of the molecule is CC(=O)O[C@H]1[C@@H](OCc2ccccc2)[C@H](OCc2ccccc2)[C@@H](COCc2ccccc2)O[C@@H]1F. The summed E-state index contributed by atoms with van der Waals surface area (Å²) in [5, 5.41) is 0. The maximum absolute atomic E-state index is 15.2. The number of alkyl halides is 1. The third kappa shape index (κ3) is 7.45. The van der Waals surface area contributed by atoms with Crippen molar-refractivity contribution in [1.29, 1.82) is 0 Å². The van der Waals surface area contributed by atoms with E-state index in [9.17, 15) is 4.79 Å². The first kappa shape index (κ1) is 26.0. The molecule has 0 saturated carbocycles. The lowest BCUT2D eigenvalue weighted by atomic mass is 9.98. The summed E-state index contributed by atoms with van der Waals surface area (Å²) in [7, 11) is 0. The van der Waals surface area contributed by atoms with Crippen molar-refractivity contribution in [2.75, 3.05) is 6.61 Å². The maximum Gasteiger partial charge on any atom is 0.303 e. The highest BCUT2D eigenvalue weighted by Gasteiger charge is 2.50. The lowest BCUT2D eigenvalue weighted by Crippen LogP contribution is -2.60. The van der Waals surface area contributed by atoms with Gasteiger partial charge in [-0.15, -0.1) is 0 Å². The molecule has 0 aliphatic carbocycles. The highest BCUT2D eigenvalue weighted by molar-refractivity contribution is 5.66. The van der Waals surface area contributed by atoms with Crippen molar-refractivity contribution in [3.63, 3.8) is 0 Å². The van der Waals surface area contributed by atoms with Gasteiger partial charge in [-0.1, -0.05) is 91.0 Å². The average Bonchev–Trinajstić information content (AvgIpc) is 2.90. The first-order valence-corrected chi connectivity index (χ1v) is 12.0. The summed E-state index contributed by atoms with van der Waals surface area (Å²) in [4.78, 5) is 11.8. The Kier molecular flexibility index (Phi) is 9.58. The minimum absolute atomic E-state index is 0.0761. The molecule has 3 aromatic rings. The Hall–Kier alpha value is -3.10. The third-order valence-corrected chi connectivity index (χ3v) is 5.84. The second-order valence-corrected chi connectivity index (χ2v) is 8.62. The fraction of sp³-hybridized carbons (Fsp3) is 0.345. The summed E-state index contributed by atoms with van der Waals surface area (Å²) >= 11 is 0. The van der Waals surface area contributed by atoms with Gasteiger partial charge in [-0.25, -0.2) is 4.39 Å². The lowest BCUT2D eigenvalue weighted by molar-refractivity contribution is -0.291. The minimum atomic E-state index is -1.89. The summed E-state index contributed by atoms with van der Waals surface area (Å²) in [6.07, 6.45) is -5.61. The Balaban J connectivity index is 1.53. The molecule has 1 saturated heterocycles. The van der Waals surface area contributed by atoms with E-state index in [-0.39, 0.29) is 19.8 Å². The van der Waals surface area contributed by atoms with E-state index >= 15 is 4.39 Å². The molecule has 1 fully saturated rings. The van der Waals surface area contributed by atoms with Crippen LogP contribution in [0.1, 0.15) is 23.6 Å². The minimum Gasteiger partial charge on any atom is -0.454 e. The number of carbonyl (C=O) groups excluding carboxylic acids is 1. The van der Waals surface area contributed by atoms with Gasteiger partial charge in [0.15, 0.2) is 6.10 Å². The molecule has 1 aliphatic heterocycles. The number of carbonyl (C=O) groups is 1. The normalized spacial score (nSPS) is 23.8. The molecule has 6 nitrogen and oxygen atoms in total. The summed E-state index contributed by atoms with van der Waals surface area (Å²) in [5.41, 5.74) is 2.83. The van der Waals surface area contributed by atoms with Gasteiger partial charge in [0.05, 0.1) is 26.4 Å². The predicted octanol–water partition coefficient (Wildman–Crippen LogP) is 5.00. The number of esters is 1. The second-order valence-electron chi connectivity index (χ2n) is 8.62. The molecule has 0 N–H and O–H groups in total. The van der Waals surface area contributed by atoms with Crippen LogP contribution in [0.3, 0.4) is 0 Å². The van der Waals surface area contributed by atoms with Gasteiger partial charge < -0.3 is 23.7 Å². The van der Waals surface area contributed by atoms with Gasteiger partial charge in [0.2, 0.25) is 6.36 Å². The van der Waals surface area contributed by atoms with Crippen LogP contribution in [0.2, 0.25) is 0 Å². The Bertz CT molecular complexity index is 1050. The molecule has 0 aromatic heterocycles. The first-order valence-electron chi connectivity index (χ1n) is 12.0. The molecule has 190 valence electrons. The number of benzene rings is 3. The van der Waals surface area contributed by atoms with Crippen LogP contribution in [0.4, 0.5) is 4.39 Å². The van der Waals surface area contributed by atoms with Gasteiger partial charge in [-0.05, 0) is 16.7 Å². The Morgan fingerprint density at radius 2 is 1.19 bits per heavy atom. The highest BCUT2D eigenvalue weighted by atomic mass is 19.1. The van der Waals surface area contributed by atoms with Crippen LogP contribution in [0.25, 0.3) is 0 Å². The number of ether oxygens (including phenoxy) is 5. The predicted molar refractivity (Wildman–Crippen MR) is 131 cm³/mol. The van der Waals surface area contributed by atoms with E-state index in [2.05, 4.69) is 0 Å². The molecular formula is C29H31FO6. The van der Waals surface area contributed by atoms with Crippen LogP contribution in [0, 0.1) is 0 Å². The first-order chi connectivity index (χ1) is 17.6. The monoisotopic (exact) mass is 494 g/mol. The van der Waals surface area contributed by atoms with Crippen molar-refractivity contribution in [3.8, 4) is 0 Å². The number of hydrogen-bond acceptors (Lipinski definition) is 6. The number of halogens is 1. The second kappa shape index (κ2) is 13.3. The van der Waals surface area contributed by atoms with Crippen LogP contribution < -0.4 is 0 Å². The third-order valence-electron chi connectivity index (χ3n) is 5.84. The molecule has 0 bridgehead atoms. The van der Waals surface area contributed by atoms with Crippen molar-refractivity contribution in [3.05, 3.63) is 108 Å². The summed E-state index contributed by atoms with van der Waals surface area (Å²) in [5.74, 6) is -0.625. The number of rotatable bonds is 11. The van der Waals surface area contributed by atoms with Crippen LogP contribution in [0.5, 0.6) is 0 Å². The standard InChI is InChI=1S/C29H31FO6/c1-21(31)35-28-27(34-19-24-15-9-4-10-16-24)26(33-18-23-13-7-3-8-14-23)25(36-29(28)30)20-32-17-22-11-5-2-6-12-22/h2-16,25-29H,17-20H2,1H3/t25-,26-,27+,28+,29+/m1/s1. The topological polar surface area (TPSA) is 63.2 Å². The summed E-state index contributed by atoms with van der Waals surface area (Å²) < 4.78 is 44.5. The molecule has 0 spiro atoms. The maximum atomic E-state index is 15.2. The van der Waals surface area contributed by atoms with Gasteiger partial charge in [0, 0.05) is 6.92 Å². The van der Waals surface area contributed by atoms with Crippen LogP contribution in [0.15, 0.2) is 91.0 Å². The Morgan fingerprint density at radius 1 is 0.722 bits per heavy atom. The smallest absolute Gasteiger partial charge is 0.303 e. The molecule has 0 radical (unpaired) electrons. The van der Waals surface area contributed by atoms with E-state index in [1.165, 1.54) is 6.92 Å². The van der Waals surface area contributed by atoms with Gasteiger partial charge in [-0.3, -0.25) is 4.79 Å². The Morgan fingerprint density at radius 3 is 1.69 bits per heavy atom. The zero-order valence-corrected chi connectivity index (χ0v) is 20.2. The summed E-state index contributed by atoms with van der Waals surface area (Å²) in [6, 6.07) is 28.8. The molecule has 3 aromatic carbocycles. The van der Waals surface area contributed by atoms with Gasteiger partial charge in [-0.2, -0.15) is 0 Å². The van der Waals surface area contributed by atoms with Crippen molar-refractivity contribution < 1.29 is 32.9 Å². The fourth-order valence-electron chi connectivity index (χ4n) is 4.11. The van der Waals surface area contributed by atoms with E-state index < -0.39 is 36.7 Å². The zero-order valence-electron chi connectivity index (χ0n) is 20.2. The lowest BCUT2D eigenvalue weighted by Gasteiger charge is -2.43. The Labute approximate surface area is 210 Å². The van der Waals surface area contributed by atoms with Crippen molar-refractivity contribution in [2.24, 2.45) is 0 Å². The molecule has 36 heavy (non-hydrogen) atoms. The van der Waals surface area contributed by atoms with Crippen LogP contribution >= 0.6 is 0 Å². The van der Waals surface area contributed by atoms with Gasteiger partial charge in [0.25, 0.3) is 0 Å². The molecule has 0 unspecified atom stereocenters. The number of hydrogen-bond donors (Lipinski definition) is 0. The van der Waals surface area contributed by atoms with Crippen molar-refractivity contribution in [1.82, 2.24) is 0 Å². The van der Waals surface area contributed by atoms with Crippen LogP contribution in [-0.4, -0.2) is 43.3 Å². The fourth-order valence-corrected chi connectivity index (χ4v) is 4.11. The van der Waals surface area contributed by atoms with E-state index in [1.54, 1.807) is 0 Å². The van der Waals surface area contributed by atoms with Crippen molar-refractivity contribution in [2.45, 2.75) is 57.5 Å². The van der Waals surface area contributed by atoms with Crippen molar-refractivity contribution >= 4 is 5.97 Å². The molecule has 1 aliphatic rings.